The van der Waals surface area contributed by atoms with Crippen LogP contribution in [0.25, 0.3) is 0 Å². The number of nitrogens with one attached hydrogen (secondary N) is 9. The van der Waals surface area contributed by atoms with Crippen molar-refractivity contribution in [2.75, 3.05) is 13.1 Å². The van der Waals surface area contributed by atoms with E-state index in [1.165, 1.54) is 12.1 Å². The molecule has 3 atom stereocenters. The molecule has 0 aliphatic heterocycles. The number of hydrogen-bond donors (Lipinski definition) is 12. The number of nitrogens with two attached hydrogens (primary N) is 3. The minimum atomic E-state index is -4.13. The molecule has 15 N–H and O–H groups in total. The summed E-state index contributed by atoms with van der Waals surface area (Å²) in [6.07, 6.45) is 0.814. The van der Waals surface area contributed by atoms with Gasteiger partial charge in [-0.15, -0.1) is 0 Å². The zero-order valence-electron chi connectivity index (χ0n) is 28.6. The van der Waals surface area contributed by atoms with Gasteiger partial charge in [-0.25, -0.2) is 8.42 Å². The monoisotopic (exact) mass is 714 g/mol. The number of amides is 3. The summed E-state index contributed by atoms with van der Waals surface area (Å²) < 4.78 is 28.9. The number of aryl methyl sites for hydroxylation is 1. The van der Waals surface area contributed by atoms with Gasteiger partial charge in [-0.3, -0.25) is 30.6 Å². The maximum atomic E-state index is 13.7. The van der Waals surface area contributed by atoms with Gasteiger partial charge in [0.25, 0.3) is 0 Å². The van der Waals surface area contributed by atoms with Crippen LogP contribution in [-0.2, 0) is 31.0 Å². The van der Waals surface area contributed by atoms with Crippen LogP contribution in [0.1, 0.15) is 56.2 Å². The van der Waals surface area contributed by atoms with Crippen LogP contribution in [0, 0.1) is 29.1 Å². The van der Waals surface area contributed by atoms with Gasteiger partial charge in [0.1, 0.15) is 24.0 Å². The van der Waals surface area contributed by atoms with Crippen LogP contribution in [0.15, 0.2) is 53.4 Å². The molecular formula is C32H50N12O5S. The van der Waals surface area contributed by atoms with E-state index in [0.29, 0.717) is 12.0 Å². The van der Waals surface area contributed by atoms with E-state index >= 15 is 0 Å². The Labute approximate surface area is 292 Å². The van der Waals surface area contributed by atoms with Crippen molar-refractivity contribution >= 4 is 45.5 Å². The molecule has 274 valence electrons. The molecule has 0 bridgehead atoms. The van der Waals surface area contributed by atoms with E-state index in [2.05, 4.69) is 31.3 Å². The number of benzene rings is 2. The molecule has 0 fully saturated rings. The van der Waals surface area contributed by atoms with E-state index in [1.54, 1.807) is 50.2 Å². The summed E-state index contributed by atoms with van der Waals surface area (Å²) >= 11 is 0. The smallest absolute Gasteiger partial charge is 0.243 e. The third-order valence-electron chi connectivity index (χ3n) is 7.53. The van der Waals surface area contributed by atoms with Crippen molar-refractivity contribution in [2.45, 2.75) is 76.0 Å². The second kappa shape index (κ2) is 19.7. The van der Waals surface area contributed by atoms with E-state index in [9.17, 15) is 22.8 Å². The molecule has 0 spiro atoms. The second-order valence-corrected chi connectivity index (χ2v) is 13.8. The lowest BCUT2D eigenvalue weighted by atomic mass is 10.0. The lowest BCUT2D eigenvalue weighted by Gasteiger charge is -2.27. The first kappa shape index (κ1) is 40.9. The highest BCUT2D eigenvalue weighted by Crippen LogP contribution is 2.13. The second-order valence-electron chi connectivity index (χ2n) is 12.1. The van der Waals surface area contributed by atoms with Crippen molar-refractivity contribution in [1.82, 2.24) is 31.3 Å². The zero-order chi connectivity index (χ0) is 37.4. The number of hydrogen-bond acceptors (Lipinski definition) is 8. The van der Waals surface area contributed by atoms with Crippen molar-refractivity contribution < 1.29 is 22.8 Å². The number of sulfonamides is 1. The lowest BCUT2D eigenvalue weighted by molar-refractivity contribution is -0.133. The average Bonchev–Trinajstić information content (AvgIpc) is 3.04. The van der Waals surface area contributed by atoms with Crippen molar-refractivity contribution in [3.8, 4) is 0 Å². The summed E-state index contributed by atoms with van der Waals surface area (Å²) in [7, 11) is -4.13. The van der Waals surface area contributed by atoms with Gasteiger partial charge in [0.2, 0.25) is 27.7 Å². The molecule has 0 saturated heterocycles. The standard InChI is InChI=1S/C32H50N12O5S/c1-19(2)26(43-29(46)25(7-5-17-40-32(37)38)44-50(48,49)23-14-8-20(3)9-15-23)30(47)42-24(6-4-16-39-31(35)36)28(45)41-18-21-10-12-22(13-11-21)27(33)34/h8-15,19,24-26,44H,4-7,16-18H2,1-3H3,(H3,33,34)(H,41,45)(H,42,47)(H,43,46)(H4,35,36,39)(H4,37,38,40)/t24-,25-,26?/m0/s1. The largest absolute Gasteiger partial charge is 0.384 e. The summed E-state index contributed by atoms with van der Waals surface area (Å²) in [5.74, 6) is -2.96. The molecule has 1 unspecified atom stereocenters. The Morgan fingerprint density at radius 1 is 0.720 bits per heavy atom. The highest BCUT2D eigenvalue weighted by Gasteiger charge is 2.32. The summed E-state index contributed by atoms with van der Waals surface area (Å²) in [6, 6.07) is 9.39. The van der Waals surface area contributed by atoms with Crippen LogP contribution >= 0.6 is 0 Å². The normalized spacial score (nSPS) is 13.0. The predicted octanol–water partition coefficient (Wildman–Crippen LogP) is -0.605. The molecule has 0 aliphatic rings. The number of carbonyl (C=O) groups is 3. The van der Waals surface area contributed by atoms with Crippen molar-refractivity contribution in [1.29, 1.82) is 16.2 Å². The molecule has 2 aromatic rings. The third kappa shape index (κ3) is 14.1. The zero-order valence-corrected chi connectivity index (χ0v) is 29.4. The number of rotatable bonds is 20. The molecule has 17 nitrogen and oxygen atoms in total. The molecule has 0 aliphatic carbocycles. The lowest BCUT2D eigenvalue weighted by Crippen LogP contribution is -2.58. The number of guanidine groups is 2. The van der Waals surface area contributed by atoms with Gasteiger partial charge < -0.3 is 43.8 Å². The Kier molecular flexibility index (Phi) is 16.1. The maximum absolute atomic E-state index is 13.7. The number of nitrogen functional groups attached to an aromatic ring is 1. The molecule has 3 amide bonds. The van der Waals surface area contributed by atoms with Crippen LogP contribution < -0.4 is 48.5 Å². The van der Waals surface area contributed by atoms with Gasteiger partial charge in [0.05, 0.1) is 4.90 Å². The van der Waals surface area contributed by atoms with E-state index in [1.807, 2.05) is 6.92 Å². The average molecular weight is 715 g/mol. The van der Waals surface area contributed by atoms with Crippen molar-refractivity contribution in [3.63, 3.8) is 0 Å². The van der Waals surface area contributed by atoms with Crippen LogP contribution in [-0.4, -0.2) is 75.1 Å². The topological polar surface area (TPSA) is 307 Å². The van der Waals surface area contributed by atoms with E-state index < -0.39 is 51.8 Å². The fourth-order valence-electron chi connectivity index (χ4n) is 4.71. The van der Waals surface area contributed by atoms with Gasteiger partial charge >= 0.3 is 0 Å². The Hall–Kier alpha value is -5.23. The Morgan fingerprint density at radius 2 is 1.26 bits per heavy atom. The van der Waals surface area contributed by atoms with Crippen molar-refractivity contribution in [2.24, 2.45) is 23.1 Å². The first-order chi connectivity index (χ1) is 23.5. The predicted molar refractivity (Wildman–Crippen MR) is 192 cm³/mol. The van der Waals surface area contributed by atoms with Crippen molar-refractivity contribution in [3.05, 3.63) is 65.2 Å². The first-order valence-electron chi connectivity index (χ1n) is 16.1. The minimum Gasteiger partial charge on any atom is -0.384 e. The fourth-order valence-corrected chi connectivity index (χ4v) is 5.94. The molecule has 0 radical (unpaired) electrons. The third-order valence-corrected chi connectivity index (χ3v) is 9.01. The minimum absolute atomic E-state index is 0.0191. The number of carbonyl (C=O) groups excluding carboxylic acids is 3. The summed E-state index contributed by atoms with van der Waals surface area (Å²) in [6.45, 7) is 5.81. The molecule has 18 heteroatoms. The Morgan fingerprint density at radius 3 is 1.76 bits per heavy atom. The van der Waals surface area contributed by atoms with Crippen LogP contribution in [0.2, 0.25) is 0 Å². The van der Waals surface area contributed by atoms with E-state index in [-0.39, 0.29) is 61.5 Å². The molecule has 0 heterocycles. The molecule has 2 aromatic carbocycles. The van der Waals surface area contributed by atoms with Gasteiger partial charge in [0, 0.05) is 25.2 Å². The molecular weight excluding hydrogens is 664 g/mol. The van der Waals surface area contributed by atoms with E-state index in [4.69, 9.17) is 33.4 Å². The first-order valence-corrected chi connectivity index (χ1v) is 17.5. The van der Waals surface area contributed by atoms with Crippen LogP contribution in [0.3, 0.4) is 0 Å². The van der Waals surface area contributed by atoms with Crippen LogP contribution in [0.5, 0.6) is 0 Å². The fraction of sp³-hybridized carbons (Fsp3) is 0.438. The van der Waals surface area contributed by atoms with Gasteiger partial charge in [-0.05, 0) is 56.2 Å². The molecule has 0 aromatic heterocycles. The van der Waals surface area contributed by atoms with E-state index in [0.717, 1.165) is 11.1 Å². The summed E-state index contributed by atoms with van der Waals surface area (Å²) in [4.78, 5) is 40.6. The number of amidine groups is 1. The Bertz CT molecular complexity index is 1600. The molecule has 2 rings (SSSR count). The SMILES string of the molecule is Cc1ccc(S(=O)(=O)N[C@@H](CCCNC(=N)N)C(=O)NC(C(=O)N[C@@H](CCCNC(=N)N)C(=O)NCc2ccc(C(=N)N)cc2)C(C)C)cc1. The van der Waals surface area contributed by atoms with Gasteiger partial charge in [-0.2, -0.15) is 4.72 Å². The molecule has 50 heavy (non-hydrogen) atoms. The summed E-state index contributed by atoms with van der Waals surface area (Å²) in [5, 5.41) is 35.7. The molecule has 0 saturated carbocycles. The maximum Gasteiger partial charge on any atom is 0.243 e. The summed E-state index contributed by atoms with van der Waals surface area (Å²) in [5.41, 5.74) is 18.3. The quantitative estimate of drug-likeness (QED) is 0.0469. The van der Waals surface area contributed by atoms with Gasteiger partial charge in [0.15, 0.2) is 11.9 Å². The van der Waals surface area contributed by atoms with Gasteiger partial charge in [-0.1, -0.05) is 55.8 Å². The van der Waals surface area contributed by atoms with Crippen LogP contribution in [0.4, 0.5) is 0 Å². The Balaban J connectivity index is 2.23. The highest BCUT2D eigenvalue weighted by molar-refractivity contribution is 7.89. The highest BCUT2D eigenvalue weighted by atomic mass is 32.2.